The monoisotopic (exact) mass is 303 g/mol. The van der Waals surface area contributed by atoms with Gasteiger partial charge in [-0.2, -0.15) is 0 Å². The number of carbonyl (C=O) groups excluding carboxylic acids is 1. The molecule has 2 aromatic rings. The molecule has 0 saturated carbocycles. The third-order valence-corrected chi connectivity index (χ3v) is 4.83. The molecule has 21 heavy (non-hydrogen) atoms. The Morgan fingerprint density at radius 1 is 1.33 bits per heavy atom. The number of carbonyl (C=O) groups is 1. The number of aromatic nitrogens is 1. The molecule has 2 aliphatic heterocycles. The third-order valence-electron chi connectivity index (χ3n) is 4.63. The Bertz CT molecular complexity index is 684. The SMILES string of the molecule is O=C(N[C@@H]1C[C@H]2CCN(C2)C1)c1ccn2cc(Cl)cc2c1. The third kappa shape index (κ3) is 2.54. The van der Waals surface area contributed by atoms with Gasteiger partial charge in [0.25, 0.3) is 5.91 Å². The molecule has 5 heteroatoms. The normalized spacial score (nSPS) is 28.0. The standard InChI is InChI=1S/C16H18ClN3O/c17-13-7-15-6-12(2-4-20(15)9-13)16(21)18-14-5-11-1-3-19(8-11)10-14/h2,4,6-7,9,11,14H,1,3,5,8,10H2,(H,18,21)/t11-,14-/m1/s1. The van der Waals surface area contributed by atoms with E-state index in [2.05, 4.69) is 10.2 Å². The van der Waals surface area contributed by atoms with Gasteiger partial charge in [-0.05, 0) is 43.5 Å². The number of fused-ring (bicyclic) bond motifs is 3. The summed E-state index contributed by atoms with van der Waals surface area (Å²) >= 11 is 5.98. The minimum absolute atomic E-state index is 0.0160. The van der Waals surface area contributed by atoms with Crippen LogP contribution >= 0.6 is 11.6 Å². The average Bonchev–Trinajstić information content (AvgIpc) is 2.99. The lowest BCUT2D eigenvalue weighted by Gasteiger charge is -2.30. The number of nitrogens with zero attached hydrogens (tertiary/aromatic N) is 2. The van der Waals surface area contributed by atoms with Crippen LogP contribution in [0.25, 0.3) is 5.52 Å². The van der Waals surface area contributed by atoms with E-state index < -0.39 is 0 Å². The molecule has 0 spiro atoms. The lowest BCUT2D eigenvalue weighted by molar-refractivity contribution is 0.0909. The van der Waals surface area contributed by atoms with Crippen molar-refractivity contribution in [3.8, 4) is 0 Å². The van der Waals surface area contributed by atoms with Crippen molar-refractivity contribution >= 4 is 23.0 Å². The molecule has 2 fully saturated rings. The van der Waals surface area contributed by atoms with Crippen molar-refractivity contribution in [1.82, 2.24) is 14.6 Å². The maximum absolute atomic E-state index is 12.4. The van der Waals surface area contributed by atoms with Crippen molar-refractivity contribution in [3.63, 3.8) is 0 Å². The summed E-state index contributed by atoms with van der Waals surface area (Å²) in [4.78, 5) is 14.9. The lowest BCUT2D eigenvalue weighted by Crippen LogP contribution is -2.47. The number of nitrogens with one attached hydrogen (secondary N) is 1. The maximum atomic E-state index is 12.4. The molecule has 1 unspecified atom stereocenters. The summed E-state index contributed by atoms with van der Waals surface area (Å²) in [5.74, 6) is 0.776. The fourth-order valence-corrected chi connectivity index (χ4v) is 3.86. The molecule has 0 aromatic carbocycles. The van der Waals surface area contributed by atoms with Crippen LogP contribution in [0, 0.1) is 5.92 Å². The molecule has 0 aliphatic carbocycles. The van der Waals surface area contributed by atoms with Gasteiger partial charge in [0.05, 0.1) is 5.02 Å². The second kappa shape index (κ2) is 5.04. The molecular weight excluding hydrogens is 286 g/mol. The van der Waals surface area contributed by atoms with E-state index >= 15 is 0 Å². The molecule has 4 nitrogen and oxygen atoms in total. The van der Waals surface area contributed by atoms with Crippen molar-refractivity contribution in [2.24, 2.45) is 5.92 Å². The summed E-state index contributed by atoms with van der Waals surface area (Å²) in [5.41, 5.74) is 1.64. The summed E-state index contributed by atoms with van der Waals surface area (Å²) in [6.45, 7) is 3.38. The Morgan fingerprint density at radius 2 is 2.24 bits per heavy atom. The summed E-state index contributed by atoms with van der Waals surface area (Å²) < 4.78 is 1.92. The number of piperidine rings is 1. The van der Waals surface area contributed by atoms with Gasteiger partial charge in [0.15, 0.2) is 0 Å². The largest absolute Gasteiger partial charge is 0.348 e. The molecule has 1 N–H and O–H groups in total. The Kier molecular flexibility index (Phi) is 3.16. The predicted molar refractivity (Wildman–Crippen MR) is 82.8 cm³/mol. The minimum atomic E-state index is 0.0160. The van der Waals surface area contributed by atoms with Crippen molar-refractivity contribution in [2.45, 2.75) is 18.9 Å². The molecule has 2 saturated heterocycles. The Morgan fingerprint density at radius 3 is 3.10 bits per heavy atom. The van der Waals surface area contributed by atoms with Gasteiger partial charge in [-0.1, -0.05) is 11.6 Å². The molecule has 110 valence electrons. The van der Waals surface area contributed by atoms with Gasteiger partial charge in [-0.15, -0.1) is 0 Å². The van der Waals surface area contributed by atoms with Crippen molar-refractivity contribution < 1.29 is 4.79 Å². The zero-order valence-corrected chi connectivity index (χ0v) is 12.5. The molecule has 1 amide bonds. The van der Waals surface area contributed by atoms with Crippen LogP contribution in [0.15, 0.2) is 30.6 Å². The molecule has 2 aliphatic rings. The number of pyridine rings is 1. The molecule has 2 bridgehead atoms. The van der Waals surface area contributed by atoms with Gasteiger partial charge in [-0.3, -0.25) is 4.79 Å². The van der Waals surface area contributed by atoms with Crippen molar-refractivity contribution in [1.29, 1.82) is 0 Å². The highest BCUT2D eigenvalue weighted by Crippen LogP contribution is 2.27. The van der Waals surface area contributed by atoms with E-state index in [0.717, 1.165) is 24.4 Å². The van der Waals surface area contributed by atoms with E-state index in [1.165, 1.54) is 19.5 Å². The molecule has 4 heterocycles. The highest BCUT2D eigenvalue weighted by Gasteiger charge is 2.32. The smallest absolute Gasteiger partial charge is 0.251 e. The van der Waals surface area contributed by atoms with Crippen LogP contribution in [-0.2, 0) is 0 Å². The molecule has 0 radical (unpaired) electrons. The number of rotatable bonds is 2. The van der Waals surface area contributed by atoms with Gasteiger partial charge in [0.2, 0.25) is 0 Å². The second-order valence-corrected chi connectivity index (χ2v) is 6.66. The second-order valence-electron chi connectivity index (χ2n) is 6.23. The summed E-state index contributed by atoms with van der Waals surface area (Å²) in [6, 6.07) is 5.88. The zero-order valence-electron chi connectivity index (χ0n) is 11.8. The topological polar surface area (TPSA) is 36.8 Å². The van der Waals surface area contributed by atoms with E-state index in [-0.39, 0.29) is 11.9 Å². The fourth-order valence-electron chi connectivity index (χ4n) is 3.65. The van der Waals surface area contributed by atoms with E-state index in [9.17, 15) is 4.79 Å². The highest BCUT2D eigenvalue weighted by molar-refractivity contribution is 6.31. The maximum Gasteiger partial charge on any atom is 0.251 e. The predicted octanol–water partition coefficient (Wildman–Crippen LogP) is 2.42. The first kappa shape index (κ1) is 13.2. The van der Waals surface area contributed by atoms with E-state index in [1.807, 2.05) is 35.0 Å². The van der Waals surface area contributed by atoms with Crippen molar-refractivity contribution in [3.05, 3.63) is 41.2 Å². The summed E-state index contributed by atoms with van der Waals surface area (Å²) in [6.07, 6.45) is 6.11. The first-order valence-corrected chi connectivity index (χ1v) is 7.86. The van der Waals surface area contributed by atoms with Crippen LogP contribution in [0.3, 0.4) is 0 Å². The quantitative estimate of drug-likeness (QED) is 0.925. The number of hydrogen-bond acceptors (Lipinski definition) is 2. The van der Waals surface area contributed by atoms with Gasteiger partial charge in [0, 0.05) is 42.6 Å². The van der Waals surface area contributed by atoms with E-state index in [1.54, 1.807) is 0 Å². The van der Waals surface area contributed by atoms with Crippen LogP contribution in [0.1, 0.15) is 23.2 Å². The van der Waals surface area contributed by atoms with Crippen LogP contribution in [0.5, 0.6) is 0 Å². The Labute approximate surface area is 128 Å². The van der Waals surface area contributed by atoms with Crippen LogP contribution in [0.2, 0.25) is 5.02 Å². The summed E-state index contributed by atoms with van der Waals surface area (Å²) in [5, 5.41) is 3.87. The Hall–Kier alpha value is -1.52. The van der Waals surface area contributed by atoms with Gasteiger partial charge >= 0.3 is 0 Å². The van der Waals surface area contributed by atoms with Crippen LogP contribution < -0.4 is 5.32 Å². The first-order chi connectivity index (χ1) is 10.2. The van der Waals surface area contributed by atoms with Gasteiger partial charge in [-0.25, -0.2) is 0 Å². The first-order valence-electron chi connectivity index (χ1n) is 7.48. The molecule has 3 atom stereocenters. The summed E-state index contributed by atoms with van der Waals surface area (Å²) in [7, 11) is 0. The van der Waals surface area contributed by atoms with Crippen LogP contribution in [0.4, 0.5) is 0 Å². The number of halogens is 1. The molecule has 2 aromatic heterocycles. The Balaban J connectivity index is 1.50. The zero-order chi connectivity index (χ0) is 14.4. The van der Waals surface area contributed by atoms with E-state index in [4.69, 9.17) is 11.6 Å². The van der Waals surface area contributed by atoms with Crippen molar-refractivity contribution in [2.75, 3.05) is 19.6 Å². The molecular formula is C16H18ClN3O. The highest BCUT2D eigenvalue weighted by atomic mass is 35.5. The van der Waals surface area contributed by atoms with Gasteiger partial charge < -0.3 is 14.6 Å². The van der Waals surface area contributed by atoms with E-state index in [0.29, 0.717) is 10.6 Å². The van der Waals surface area contributed by atoms with Gasteiger partial charge in [0.1, 0.15) is 0 Å². The number of amides is 1. The molecule has 4 rings (SSSR count). The van der Waals surface area contributed by atoms with Crippen LogP contribution in [-0.4, -0.2) is 40.9 Å². The lowest BCUT2D eigenvalue weighted by atomic mass is 9.96. The number of hydrogen-bond donors (Lipinski definition) is 1. The minimum Gasteiger partial charge on any atom is -0.348 e. The average molecular weight is 304 g/mol. The fraction of sp³-hybridized carbons (Fsp3) is 0.438.